The second-order valence-corrected chi connectivity index (χ2v) is 6.67. The quantitative estimate of drug-likeness (QED) is 0.620. The monoisotopic (exact) mass is 393 g/mol. The molecule has 0 saturated carbocycles. The van der Waals surface area contributed by atoms with Crippen molar-refractivity contribution in [2.24, 2.45) is 0 Å². The summed E-state index contributed by atoms with van der Waals surface area (Å²) in [7, 11) is 0. The fourth-order valence-corrected chi connectivity index (χ4v) is 3.07. The van der Waals surface area contributed by atoms with Gasteiger partial charge in [0.25, 0.3) is 0 Å². The van der Waals surface area contributed by atoms with Gasteiger partial charge in [-0.1, -0.05) is 23.4 Å². The first-order valence-corrected chi connectivity index (χ1v) is 9.10. The number of nitrogens with one attached hydrogen (secondary N) is 1. The summed E-state index contributed by atoms with van der Waals surface area (Å²) in [5.41, 5.74) is 0.780. The molecule has 0 radical (unpaired) electrons. The van der Waals surface area contributed by atoms with Crippen LogP contribution in [0.1, 0.15) is 30.8 Å². The number of halogens is 2. The topological polar surface area (TPSA) is 77.3 Å². The van der Waals surface area contributed by atoms with Crippen LogP contribution in [0.25, 0.3) is 10.7 Å². The Morgan fingerprint density at radius 2 is 2.07 bits per heavy atom. The smallest absolute Gasteiger partial charge is 0.387 e. The first-order chi connectivity index (χ1) is 13.0. The highest BCUT2D eigenvalue weighted by Crippen LogP contribution is 2.22. The maximum atomic E-state index is 12.2. The number of thiophene rings is 1. The number of aromatic nitrogens is 2. The lowest BCUT2D eigenvalue weighted by Gasteiger charge is -2.14. The van der Waals surface area contributed by atoms with Crippen molar-refractivity contribution in [1.82, 2.24) is 15.5 Å². The van der Waals surface area contributed by atoms with Gasteiger partial charge in [0.05, 0.1) is 10.9 Å². The van der Waals surface area contributed by atoms with Gasteiger partial charge in [-0.3, -0.25) is 4.79 Å². The maximum Gasteiger partial charge on any atom is 0.387 e. The Balaban J connectivity index is 1.48. The summed E-state index contributed by atoms with van der Waals surface area (Å²) in [6.07, 6.45) is 0.529. The molecule has 1 N–H and O–H groups in total. The fourth-order valence-electron chi connectivity index (χ4n) is 2.42. The van der Waals surface area contributed by atoms with Gasteiger partial charge in [0, 0.05) is 12.8 Å². The van der Waals surface area contributed by atoms with Crippen molar-refractivity contribution in [2.75, 3.05) is 0 Å². The number of carbonyl (C=O) groups is 1. The van der Waals surface area contributed by atoms with E-state index in [9.17, 15) is 13.6 Å². The van der Waals surface area contributed by atoms with Crippen LogP contribution >= 0.6 is 11.3 Å². The summed E-state index contributed by atoms with van der Waals surface area (Å²) in [5, 5.41) is 8.67. The molecule has 9 heteroatoms. The van der Waals surface area contributed by atoms with Crippen LogP contribution in [0.5, 0.6) is 5.75 Å². The van der Waals surface area contributed by atoms with Gasteiger partial charge in [-0.2, -0.15) is 13.8 Å². The second kappa shape index (κ2) is 8.72. The Labute approximate surface area is 158 Å². The summed E-state index contributed by atoms with van der Waals surface area (Å²) in [5.74, 6) is 0.811. The largest absolute Gasteiger partial charge is 0.435 e. The van der Waals surface area contributed by atoms with E-state index in [-0.39, 0.29) is 24.1 Å². The van der Waals surface area contributed by atoms with Crippen molar-refractivity contribution in [1.29, 1.82) is 0 Å². The number of hydrogen-bond acceptors (Lipinski definition) is 6. The van der Waals surface area contributed by atoms with Crippen molar-refractivity contribution in [3.63, 3.8) is 0 Å². The number of ether oxygens (including phenoxy) is 1. The Kier molecular flexibility index (Phi) is 6.12. The molecule has 27 heavy (non-hydrogen) atoms. The fraction of sp³-hybridized carbons (Fsp3) is 0.278. The number of carbonyl (C=O) groups excluding carboxylic acids is 1. The Morgan fingerprint density at radius 1 is 1.30 bits per heavy atom. The average molecular weight is 393 g/mol. The van der Waals surface area contributed by atoms with Crippen molar-refractivity contribution < 1.29 is 22.8 Å². The molecule has 0 aliphatic heterocycles. The average Bonchev–Trinajstić information content (AvgIpc) is 3.31. The lowest BCUT2D eigenvalue weighted by atomic mass is 10.1. The zero-order valence-corrected chi connectivity index (χ0v) is 15.2. The minimum absolute atomic E-state index is 0.0743. The lowest BCUT2D eigenvalue weighted by molar-refractivity contribution is -0.121. The van der Waals surface area contributed by atoms with Gasteiger partial charge in [0.1, 0.15) is 5.75 Å². The molecule has 1 atom stereocenters. The van der Waals surface area contributed by atoms with Crippen molar-refractivity contribution >= 4 is 17.2 Å². The van der Waals surface area contributed by atoms with Gasteiger partial charge in [-0.25, -0.2) is 0 Å². The minimum Gasteiger partial charge on any atom is -0.435 e. The summed E-state index contributed by atoms with van der Waals surface area (Å²) in [6.45, 7) is -1.05. The lowest BCUT2D eigenvalue weighted by Crippen LogP contribution is -2.26. The maximum absolute atomic E-state index is 12.2. The molecule has 2 aromatic heterocycles. The molecule has 0 fully saturated rings. The number of aryl methyl sites for hydroxylation is 1. The van der Waals surface area contributed by atoms with E-state index < -0.39 is 6.61 Å². The van der Waals surface area contributed by atoms with Crippen LogP contribution in [0.15, 0.2) is 46.3 Å². The minimum atomic E-state index is -2.86. The highest BCUT2D eigenvalue weighted by Gasteiger charge is 2.14. The number of rotatable bonds is 8. The van der Waals surface area contributed by atoms with E-state index in [4.69, 9.17) is 4.52 Å². The number of benzene rings is 1. The van der Waals surface area contributed by atoms with Crippen molar-refractivity contribution in [2.45, 2.75) is 32.4 Å². The SMILES string of the molecule is CC(NC(=O)CCc1nc(-c2cccs2)no1)c1ccc(OC(F)F)cc1. The zero-order chi connectivity index (χ0) is 19.2. The van der Waals surface area contributed by atoms with E-state index in [0.717, 1.165) is 10.4 Å². The standard InChI is InChI=1S/C18H17F2N3O3S/c1-11(12-4-6-13(7-5-12)25-18(19)20)21-15(24)8-9-16-22-17(23-26-16)14-3-2-10-27-14/h2-7,10-11,18H,8-9H2,1H3,(H,21,24). The van der Waals surface area contributed by atoms with Crippen LogP contribution < -0.4 is 10.1 Å². The van der Waals surface area contributed by atoms with Crippen LogP contribution in [0.2, 0.25) is 0 Å². The van der Waals surface area contributed by atoms with Gasteiger partial charge < -0.3 is 14.6 Å². The Hall–Kier alpha value is -2.81. The predicted octanol–water partition coefficient (Wildman–Crippen LogP) is 4.21. The molecule has 0 spiro atoms. The molecule has 3 rings (SSSR count). The first-order valence-electron chi connectivity index (χ1n) is 8.22. The molecular weight excluding hydrogens is 376 g/mol. The highest BCUT2D eigenvalue weighted by molar-refractivity contribution is 7.13. The van der Waals surface area contributed by atoms with Crippen LogP contribution in [-0.2, 0) is 11.2 Å². The van der Waals surface area contributed by atoms with E-state index >= 15 is 0 Å². The second-order valence-electron chi connectivity index (χ2n) is 5.73. The van der Waals surface area contributed by atoms with Crippen molar-refractivity contribution in [3.8, 4) is 16.5 Å². The van der Waals surface area contributed by atoms with Gasteiger partial charge in [-0.05, 0) is 36.1 Å². The number of nitrogens with zero attached hydrogens (tertiary/aromatic N) is 2. The zero-order valence-electron chi connectivity index (χ0n) is 14.4. The molecule has 0 saturated heterocycles. The Morgan fingerprint density at radius 3 is 2.74 bits per heavy atom. The van der Waals surface area contributed by atoms with E-state index in [1.54, 1.807) is 12.1 Å². The van der Waals surface area contributed by atoms with E-state index in [1.807, 2.05) is 24.4 Å². The third kappa shape index (κ3) is 5.33. The van der Waals surface area contributed by atoms with Gasteiger partial charge >= 0.3 is 6.61 Å². The van der Waals surface area contributed by atoms with Crippen LogP contribution in [0.3, 0.4) is 0 Å². The third-order valence-corrected chi connectivity index (χ3v) is 4.62. The van der Waals surface area contributed by atoms with E-state index in [0.29, 0.717) is 18.1 Å². The van der Waals surface area contributed by atoms with Gasteiger partial charge in [0.15, 0.2) is 0 Å². The molecule has 6 nitrogen and oxygen atoms in total. The number of alkyl halides is 2. The molecule has 3 aromatic rings. The predicted molar refractivity (Wildman–Crippen MR) is 95.6 cm³/mol. The molecule has 1 aromatic carbocycles. The molecule has 2 heterocycles. The third-order valence-electron chi connectivity index (χ3n) is 3.76. The highest BCUT2D eigenvalue weighted by atomic mass is 32.1. The summed E-state index contributed by atoms with van der Waals surface area (Å²) in [4.78, 5) is 17.3. The van der Waals surface area contributed by atoms with Crippen molar-refractivity contribution in [3.05, 3.63) is 53.2 Å². The summed E-state index contributed by atoms with van der Waals surface area (Å²) in [6, 6.07) is 9.66. The van der Waals surface area contributed by atoms with Gasteiger partial charge in [-0.15, -0.1) is 11.3 Å². The first kappa shape index (κ1) is 19.0. The molecule has 1 amide bonds. The normalized spacial score (nSPS) is 12.1. The molecule has 1 unspecified atom stereocenters. The molecule has 0 aliphatic carbocycles. The molecule has 0 aliphatic rings. The van der Waals surface area contributed by atoms with Gasteiger partial charge in [0.2, 0.25) is 17.6 Å². The summed E-state index contributed by atoms with van der Waals surface area (Å²) < 4.78 is 33.8. The molecule has 0 bridgehead atoms. The Bertz CT molecular complexity index is 866. The number of hydrogen-bond donors (Lipinski definition) is 1. The van der Waals surface area contributed by atoms with Crippen LogP contribution in [0, 0.1) is 0 Å². The number of amides is 1. The summed E-state index contributed by atoms with van der Waals surface area (Å²) >= 11 is 1.51. The van der Waals surface area contributed by atoms with E-state index in [1.165, 1.54) is 23.5 Å². The van der Waals surface area contributed by atoms with E-state index in [2.05, 4.69) is 20.2 Å². The van der Waals surface area contributed by atoms with Crippen LogP contribution in [-0.4, -0.2) is 22.7 Å². The molecular formula is C18H17F2N3O3S. The van der Waals surface area contributed by atoms with Crippen LogP contribution in [0.4, 0.5) is 8.78 Å². The molecule has 142 valence electrons.